The smallest absolute Gasteiger partial charge is 0.392 e. The number of halogens is 4. The van der Waals surface area contributed by atoms with Gasteiger partial charge in [0.15, 0.2) is 0 Å². The second-order valence-electron chi connectivity index (χ2n) is 5.55. The second kappa shape index (κ2) is 5.31. The Hall–Kier alpha value is -1.59. The van der Waals surface area contributed by atoms with Crippen molar-refractivity contribution in [3.8, 4) is 0 Å². The molecule has 1 fully saturated rings. The highest BCUT2D eigenvalue weighted by molar-refractivity contribution is 6.04. The van der Waals surface area contributed by atoms with E-state index in [1.165, 1.54) is 0 Å². The summed E-state index contributed by atoms with van der Waals surface area (Å²) in [5, 5.41) is 3.89. The molecule has 21 heavy (non-hydrogen) atoms. The van der Waals surface area contributed by atoms with Crippen LogP contribution in [0.15, 0.2) is 23.4 Å². The summed E-state index contributed by atoms with van der Waals surface area (Å²) in [6.45, 7) is 0. The van der Waals surface area contributed by atoms with Crippen molar-refractivity contribution in [1.29, 1.82) is 0 Å². The van der Waals surface area contributed by atoms with Crippen LogP contribution in [0.4, 0.5) is 17.6 Å². The van der Waals surface area contributed by atoms with Gasteiger partial charge in [-0.15, -0.1) is 0 Å². The van der Waals surface area contributed by atoms with Crippen LogP contribution in [0, 0.1) is 11.7 Å². The third-order valence-corrected chi connectivity index (χ3v) is 4.15. The van der Waals surface area contributed by atoms with E-state index in [1.54, 1.807) is 0 Å². The van der Waals surface area contributed by atoms with Gasteiger partial charge < -0.3 is 4.84 Å². The molecule has 0 spiro atoms. The molecule has 0 amide bonds. The first-order valence-corrected chi connectivity index (χ1v) is 7.07. The number of benzene rings is 1. The predicted octanol–water partition coefficient (Wildman–Crippen LogP) is 4.53. The highest BCUT2D eigenvalue weighted by Gasteiger charge is 2.41. The molecule has 2 nitrogen and oxygen atoms in total. The third kappa shape index (κ3) is 2.76. The minimum atomic E-state index is -4.61. The predicted molar refractivity (Wildman–Crippen MR) is 69.4 cm³/mol. The maximum absolute atomic E-state index is 13.2. The zero-order chi connectivity index (χ0) is 15.0. The third-order valence-electron chi connectivity index (χ3n) is 4.15. The molecular weight excluding hydrogens is 286 g/mol. The van der Waals surface area contributed by atoms with Gasteiger partial charge in [-0.3, -0.25) is 0 Å². The van der Waals surface area contributed by atoms with Gasteiger partial charge in [-0.25, -0.2) is 4.39 Å². The van der Waals surface area contributed by atoms with Crippen LogP contribution in [0.25, 0.3) is 0 Å². The highest BCUT2D eigenvalue weighted by Crippen LogP contribution is 2.38. The normalized spacial score (nSPS) is 25.8. The van der Waals surface area contributed by atoms with Crippen LogP contribution in [0.2, 0.25) is 0 Å². The van der Waals surface area contributed by atoms with Crippen LogP contribution < -0.4 is 0 Å². The molecular formula is C15H15F4NO. The van der Waals surface area contributed by atoms with E-state index >= 15 is 0 Å². The lowest BCUT2D eigenvalue weighted by molar-refractivity contribution is -0.137. The first-order valence-electron chi connectivity index (χ1n) is 7.07. The molecule has 6 heteroatoms. The number of alkyl halides is 3. The Kier molecular flexibility index (Phi) is 3.63. The molecule has 1 aliphatic carbocycles. The minimum Gasteiger partial charge on any atom is -0.392 e. The summed E-state index contributed by atoms with van der Waals surface area (Å²) in [4.78, 5) is 5.33. The Morgan fingerprint density at radius 3 is 2.62 bits per heavy atom. The summed E-state index contributed by atoms with van der Waals surface area (Å²) in [7, 11) is 0. The van der Waals surface area contributed by atoms with Crippen molar-refractivity contribution in [1.82, 2.24) is 0 Å². The average molecular weight is 301 g/mol. The van der Waals surface area contributed by atoms with Gasteiger partial charge in [0.2, 0.25) is 0 Å². The van der Waals surface area contributed by atoms with Gasteiger partial charge in [0.25, 0.3) is 0 Å². The Morgan fingerprint density at radius 2 is 1.86 bits per heavy atom. The van der Waals surface area contributed by atoms with Gasteiger partial charge in [0, 0.05) is 11.5 Å². The minimum absolute atomic E-state index is 0.0571. The lowest BCUT2D eigenvalue weighted by Crippen LogP contribution is -2.25. The monoisotopic (exact) mass is 301 g/mol. The Bertz CT molecular complexity index is 567. The number of nitrogens with zero attached hydrogens (tertiary/aromatic N) is 1. The van der Waals surface area contributed by atoms with Gasteiger partial charge in [-0.2, -0.15) is 13.2 Å². The number of hydrogen-bond acceptors (Lipinski definition) is 2. The Morgan fingerprint density at radius 1 is 1.10 bits per heavy atom. The zero-order valence-electron chi connectivity index (χ0n) is 11.3. The fourth-order valence-corrected chi connectivity index (χ4v) is 3.13. The van der Waals surface area contributed by atoms with Gasteiger partial charge >= 0.3 is 6.18 Å². The molecule has 114 valence electrons. The molecule has 1 aromatic carbocycles. The SMILES string of the molecule is Fc1ccc(C2=NO[C@@H]3CCCCC[C@H]23)c(C(F)(F)F)c1. The van der Waals surface area contributed by atoms with Crippen molar-refractivity contribution in [3.05, 3.63) is 35.1 Å². The van der Waals surface area contributed by atoms with Gasteiger partial charge in [0.05, 0.1) is 11.3 Å². The maximum Gasteiger partial charge on any atom is 0.417 e. The van der Waals surface area contributed by atoms with Crippen LogP contribution in [0.1, 0.15) is 43.2 Å². The van der Waals surface area contributed by atoms with E-state index in [9.17, 15) is 17.6 Å². The number of hydrogen-bond donors (Lipinski definition) is 0. The molecule has 2 aliphatic rings. The average Bonchev–Trinajstić information content (AvgIpc) is 2.66. The summed E-state index contributed by atoms with van der Waals surface area (Å²) in [5.41, 5.74) is -0.720. The lowest BCUT2D eigenvalue weighted by atomic mass is 9.87. The largest absolute Gasteiger partial charge is 0.417 e. The fraction of sp³-hybridized carbons (Fsp3) is 0.533. The lowest BCUT2D eigenvalue weighted by Gasteiger charge is -2.18. The molecule has 1 heterocycles. The molecule has 0 unspecified atom stereocenters. The fourth-order valence-electron chi connectivity index (χ4n) is 3.13. The maximum atomic E-state index is 13.2. The van der Waals surface area contributed by atoms with Crippen LogP contribution >= 0.6 is 0 Å². The molecule has 1 aromatic rings. The van der Waals surface area contributed by atoms with Gasteiger partial charge in [0.1, 0.15) is 11.9 Å². The van der Waals surface area contributed by atoms with Crippen molar-refractivity contribution in [2.24, 2.45) is 11.1 Å². The molecule has 0 radical (unpaired) electrons. The molecule has 0 N–H and O–H groups in total. The van der Waals surface area contributed by atoms with Crippen LogP contribution in [0.3, 0.4) is 0 Å². The van der Waals surface area contributed by atoms with Crippen molar-refractivity contribution in [3.63, 3.8) is 0 Å². The Balaban J connectivity index is 2.01. The number of rotatable bonds is 1. The van der Waals surface area contributed by atoms with E-state index in [4.69, 9.17) is 4.84 Å². The molecule has 0 aromatic heterocycles. The van der Waals surface area contributed by atoms with Crippen LogP contribution in [-0.4, -0.2) is 11.8 Å². The summed E-state index contributed by atoms with van der Waals surface area (Å²) in [5.74, 6) is -1.03. The van der Waals surface area contributed by atoms with Crippen molar-refractivity contribution >= 4 is 5.71 Å². The molecule has 0 saturated heterocycles. The standard InChI is InChI=1S/C15H15F4NO/c16-9-6-7-10(12(8-9)15(17,18)19)14-11-4-2-1-3-5-13(11)21-20-14/h6-8,11,13H,1-5H2/t11-,13+/m0/s1. The molecule has 1 aliphatic heterocycles. The topological polar surface area (TPSA) is 21.6 Å². The van der Waals surface area contributed by atoms with Crippen molar-refractivity contribution in [2.45, 2.75) is 44.4 Å². The van der Waals surface area contributed by atoms with E-state index in [1.807, 2.05) is 0 Å². The zero-order valence-corrected chi connectivity index (χ0v) is 11.3. The first-order chi connectivity index (χ1) is 9.97. The van der Waals surface area contributed by atoms with Crippen molar-refractivity contribution < 1.29 is 22.4 Å². The number of fused-ring (bicyclic) bond motifs is 1. The molecule has 3 rings (SSSR count). The summed E-state index contributed by atoms with van der Waals surface area (Å²) in [6.07, 6.45) is -0.181. The van der Waals surface area contributed by atoms with E-state index in [0.29, 0.717) is 11.8 Å². The number of oxime groups is 1. The second-order valence-corrected chi connectivity index (χ2v) is 5.55. The van der Waals surface area contributed by atoms with Gasteiger partial charge in [-0.1, -0.05) is 18.0 Å². The summed E-state index contributed by atoms with van der Waals surface area (Å²) in [6, 6.07) is 2.73. The van der Waals surface area contributed by atoms with Crippen LogP contribution in [-0.2, 0) is 11.0 Å². The highest BCUT2D eigenvalue weighted by atomic mass is 19.4. The van der Waals surface area contributed by atoms with Crippen LogP contribution in [0.5, 0.6) is 0 Å². The molecule has 1 saturated carbocycles. The summed E-state index contributed by atoms with van der Waals surface area (Å²) >= 11 is 0. The molecule has 0 bridgehead atoms. The van der Waals surface area contributed by atoms with E-state index in [2.05, 4.69) is 5.16 Å². The van der Waals surface area contributed by atoms with E-state index < -0.39 is 17.6 Å². The molecule has 2 atom stereocenters. The van der Waals surface area contributed by atoms with E-state index in [0.717, 1.165) is 44.2 Å². The van der Waals surface area contributed by atoms with Crippen molar-refractivity contribution in [2.75, 3.05) is 0 Å². The van der Waals surface area contributed by atoms with Gasteiger partial charge in [-0.05, 0) is 37.5 Å². The summed E-state index contributed by atoms with van der Waals surface area (Å²) < 4.78 is 52.6. The quantitative estimate of drug-likeness (QED) is 0.698. The Labute approximate surface area is 119 Å². The first kappa shape index (κ1) is 14.4. The van der Waals surface area contributed by atoms with E-state index in [-0.39, 0.29) is 17.6 Å².